The van der Waals surface area contributed by atoms with Crippen molar-refractivity contribution >= 4 is 13.8 Å². The predicted octanol–water partition coefficient (Wildman–Crippen LogP) is 4.26. The number of hydrogen-bond donors (Lipinski definition) is 3. The average Bonchev–Trinajstić information content (AvgIpc) is 2.92. The van der Waals surface area contributed by atoms with Gasteiger partial charge in [-0.1, -0.05) is 105 Å². The van der Waals surface area contributed by atoms with Crippen molar-refractivity contribution in [1.29, 1.82) is 0 Å². The lowest BCUT2D eigenvalue weighted by atomic mass is 9.77. The van der Waals surface area contributed by atoms with Gasteiger partial charge >= 0.3 is 13.8 Å². The molecule has 198 valence electrons. The Bertz CT molecular complexity index is 1050. The summed E-state index contributed by atoms with van der Waals surface area (Å²) in [5.41, 5.74) is 2.23. The monoisotopic (exact) mass is 527 g/mol. The first-order valence-electron chi connectivity index (χ1n) is 12.1. The minimum atomic E-state index is -4.47. The van der Waals surface area contributed by atoms with E-state index in [1.807, 2.05) is 91.0 Å². The molecule has 0 radical (unpaired) electrons. The largest absolute Gasteiger partial charge is 0.472 e. The van der Waals surface area contributed by atoms with Crippen LogP contribution in [0.5, 0.6) is 0 Å². The summed E-state index contributed by atoms with van der Waals surface area (Å²) < 4.78 is 27.7. The zero-order valence-electron chi connectivity index (χ0n) is 21.0. The molecule has 0 saturated heterocycles. The molecule has 3 aromatic rings. The van der Waals surface area contributed by atoms with Gasteiger partial charge in [-0.3, -0.25) is 19.2 Å². The van der Waals surface area contributed by atoms with Crippen LogP contribution in [0.3, 0.4) is 0 Å². The molecular weight excluding hydrogens is 493 g/mol. The quantitative estimate of drug-likeness (QED) is 0.123. The maximum atomic E-state index is 12.4. The van der Waals surface area contributed by atoms with Crippen LogP contribution >= 0.6 is 7.82 Å². The number of carbonyl (C=O) groups is 1. The molecule has 0 saturated carbocycles. The van der Waals surface area contributed by atoms with E-state index in [1.165, 1.54) is 0 Å². The third-order valence-electron chi connectivity index (χ3n) is 5.75. The maximum absolute atomic E-state index is 12.4. The minimum Gasteiger partial charge on any atom is -0.457 e. The van der Waals surface area contributed by atoms with E-state index in [9.17, 15) is 19.4 Å². The highest BCUT2D eigenvalue weighted by molar-refractivity contribution is 7.47. The predicted molar refractivity (Wildman–Crippen MR) is 141 cm³/mol. The van der Waals surface area contributed by atoms with E-state index < -0.39 is 44.6 Å². The molecule has 2 atom stereocenters. The third kappa shape index (κ3) is 7.82. The molecule has 3 rings (SSSR count). The summed E-state index contributed by atoms with van der Waals surface area (Å²) in [6.07, 6.45) is -1.07. The van der Waals surface area contributed by atoms with Crippen LogP contribution in [-0.4, -0.2) is 48.4 Å². The number of carbonyl (C=O) groups excluding carboxylic acids is 1. The number of benzene rings is 3. The molecule has 0 spiro atoms. The van der Waals surface area contributed by atoms with Gasteiger partial charge in [-0.15, -0.1) is 0 Å². The second-order valence-electron chi connectivity index (χ2n) is 8.77. The van der Waals surface area contributed by atoms with E-state index >= 15 is 0 Å². The number of phosphoric acid groups is 1. The number of aliphatic hydroxyl groups excluding tert-OH is 1. The molecule has 0 heterocycles. The number of hydrogen-bond acceptors (Lipinski definition) is 7. The lowest BCUT2D eigenvalue weighted by Gasteiger charge is -2.37. The molecule has 0 aromatic heterocycles. The minimum absolute atomic E-state index is 0.141. The Hall–Kier alpha value is -2.84. The number of esters is 1. The smallest absolute Gasteiger partial charge is 0.457 e. The Morgan fingerprint density at radius 3 is 1.73 bits per heavy atom. The van der Waals surface area contributed by atoms with Crippen molar-refractivity contribution in [3.8, 4) is 0 Å². The number of rotatable bonds is 14. The molecular formula is C28H34NO7P. The Morgan fingerprint density at radius 1 is 0.865 bits per heavy atom. The SMILES string of the molecule is CC(C)C(=O)O[C@@H](CO)COP(=O)(O)OCCNC(c1ccccc1)(c1ccccc1)c1ccccc1. The van der Waals surface area contributed by atoms with Crippen LogP contribution in [0.15, 0.2) is 91.0 Å². The Balaban J connectivity index is 1.73. The molecule has 0 bridgehead atoms. The number of aliphatic hydroxyl groups is 1. The fourth-order valence-corrected chi connectivity index (χ4v) is 4.66. The zero-order valence-corrected chi connectivity index (χ0v) is 21.9. The Labute approximate surface area is 217 Å². The summed E-state index contributed by atoms with van der Waals surface area (Å²) in [4.78, 5) is 21.9. The first-order chi connectivity index (χ1) is 17.8. The summed E-state index contributed by atoms with van der Waals surface area (Å²) in [6, 6.07) is 29.8. The topological polar surface area (TPSA) is 114 Å². The number of nitrogens with one attached hydrogen (secondary N) is 1. The van der Waals surface area contributed by atoms with Crippen molar-refractivity contribution in [2.45, 2.75) is 25.5 Å². The van der Waals surface area contributed by atoms with Crippen molar-refractivity contribution in [2.75, 3.05) is 26.4 Å². The van der Waals surface area contributed by atoms with Crippen molar-refractivity contribution in [3.63, 3.8) is 0 Å². The molecule has 8 nitrogen and oxygen atoms in total. The molecule has 37 heavy (non-hydrogen) atoms. The molecule has 1 unspecified atom stereocenters. The normalized spacial score (nSPS) is 14.2. The molecule has 0 fully saturated rings. The highest BCUT2D eigenvalue weighted by Gasteiger charge is 2.36. The van der Waals surface area contributed by atoms with Crippen LogP contribution in [0.25, 0.3) is 0 Å². The van der Waals surface area contributed by atoms with Gasteiger partial charge in [0, 0.05) is 6.54 Å². The van der Waals surface area contributed by atoms with Gasteiger partial charge in [0.2, 0.25) is 0 Å². The lowest BCUT2D eigenvalue weighted by molar-refractivity contribution is -0.157. The molecule has 0 aliphatic heterocycles. The van der Waals surface area contributed by atoms with Crippen molar-refractivity contribution in [2.24, 2.45) is 5.92 Å². The third-order valence-corrected chi connectivity index (χ3v) is 6.73. The van der Waals surface area contributed by atoms with Crippen LogP contribution in [0, 0.1) is 5.92 Å². The molecule has 0 amide bonds. The molecule has 9 heteroatoms. The highest BCUT2D eigenvalue weighted by atomic mass is 31.2. The maximum Gasteiger partial charge on any atom is 0.472 e. The number of ether oxygens (including phenoxy) is 1. The molecule has 0 aliphatic rings. The highest BCUT2D eigenvalue weighted by Crippen LogP contribution is 2.43. The van der Waals surface area contributed by atoms with E-state index in [2.05, 4.69) is 5.32 Å². The summed E-state index contributed by atoms with van der Waals surface area (Å²) in [7, 11) is -4.47. The van der Waals surface area contributed by atoms with E-state index in [-0.39, 0.29) is 13.2 Å². The Morgan fingerprint density at radius 2 is 1.32 bits per heavy atom. The zero-order chi connectivity index (χ0) is 26.7. The average molecular weight is 528 g/mol. The van der Waals surface area contributed by atoms with Crippen LogP contribution in [0.1, 0.15) is 30.5 Å². The fourth-order valence-electron chi connectivity index (χ4n) is 3.91. The standard InChI is InChI=1S/C28H34NO7P/c1-22(2)27(31)36-26(20-30)21-35-37(32,33)34-19-18-29-28(23-12-6-3-7-13-23,24-14-8-4-9-15-24)25-16-10-5-11-17-25/h3-17,22,26,29-30H,18-21H2,1-2H3,(H,32,33)/t26-/m0/s1. The van der Waals surface area contributed by atoms with Gasteiger partial charge in [0.1, 0.15) is 6.10 Å². The van der Waals surface area contributed by atoms with Gasteiger partial charge in [0.05, 0.1) is 31.3 Å². The van der Waals surface area contributed by atoms with Crippen molar-refractivity contribution < 1.29 is 33.1 Å². The van der Waals surface area contributed by atoms with E-state index in [1.54, 1.807) is 13.8 Å². The molecule has 3 N–H and O–H groups in total. The fraction of sp³-hybridized carbons (Fsp3) is 0.321. The summed E-state index contributed by atoms with van der Waals surface area (Å²) >= 11 is 0. The van der Waals surface area contributed by atoms with E-state index in [0.29, 0.717) is 0 Å². The second-order valence-corrected chi connectivity index (χ2v) is 10.2. The summed E-state index contributed by atoms with van der Waals surface area (Å²) in [6.45, 7) is 2.33. The van der Waals surface area contributed by atoms with E-state index in [4.69, 9.17) is 13.8 Å². The second kappa shape index (κ2) is 13.6. The van der Waals surface area contributed by atoms with Crippen LogP contribution in [0.2, 0.25) is 0 Å². The van der Waals surface area contributed by atoms with Gasteiger partial charge < -0.3 is 14.7 Å². The van der Waals surface area contributed by atoms with Gasteiger partial charge in [-0.2, -0.15) is 0 Å². The van der Waals surface area contributed by atoms with Gasteiger partial charge in [-0.25, -0.2) is 4.57 Å². The Kier molecular flexibility index (Phi) is 10.6. The van der Waals surface area contributed by atoms with Crippen LogP contribution < -0.4 is 5.32 Å². The van der Waals surface area contributed by atoms with Crippen molar-refractivity contribution in [3.05, 3.63) is 108 Å². The number of phosphoric ester groups is 1. The van der Waals surface area contributed by atoms with E-state index in [0.717, 1.165) is 16.7 Å². The van der Waals surface area contributed by atoms with Crippen molar-refractivity contribution in [1.82, 2.24) is 5.32 Å². The van der Waals surface area contributed by atoms with Gasteiger partial charge in [-0.05, 0) is 16.7 Å². The lowest BCUT2D eigenvalue weighted by Crippen LogP contribution is -2.46. The molecule has 3 aromatic carbocycles. The molecule has 0 aliphatic carbocycles. The van der Waals surface area contributed by atoms with Gasteiger partial charge in [0.25, 0.3) is 0 Å². The summed E-state index contributed by atoms with van der Waals surface area (Å²) in [5.74, 6) is -0.948. The van der Waals surface area contributed by atoms with Crippen LogP contribution in [-0.2, 0) is 28.7 Å². The van der Waals surface area contributed by atoms with Gasteiger partial charge in [0.15, 0.2) is 0 Å². The first kappa shape index (κ1) is 28.7. The summed E-state index contributed by atoms with van der Waals surface area (Å²) in [5, 5.41) is 12.9. The van der Waals surface area contributed by atoms with Crippen LogP contribution in [0.4, 0.5) is 0 Å². The first-order valence-corrected chi connectivity index (χ1v) is 13.6.